The summed E-state index contributed by atoms with van der Waals surface area (Å²) >= 11 is 9.28. The number of aromatic amines is 1. The molecule has 0 saturated carbocycles. The van der Waals surface area contributed by atoms with Crippen molar-refractivity contribution < 1.29 is 4.79 Å². The van der Waals surface area contributed by atoms with Gasteiger partial charge in [0.15, 0.2) is 0 Å². The maximum Gasteiger partial charge on any atom is 0.259 e. The van der Waals surface area contributed by atoms with E-state index in [2.05, 4.69) is 36.4 Å². The van der Waals surface area contributed by atoms with Crippen LogP contribution in [0.3, 0.4) is 0 Å². The summed E-state index contributed by atoms with van der Waals surface area (Å²) < 4.78 is 0.778. The van der Waals surface area contributed by atoms with Crippen LogP contribution < -0.4 is 5.32 Å². The van der Waals surface area contributed by atoms with Crippen molar-refractivity contribution >= 4 is 39.4 Å². The van der Waals surface area contributed by atoms with E-state index in [0.717, 1.165) is 10.3 Å². The molecule has 1 aromatic heterocycles. The molecule has 0 atom stereocenters. The molecule has 5 nitrogen and oxygen atoms in total. The average Bonchev–Trinajstić information content (AvgIpc) is 2.80. The molecule has 1 heterocycles. The lowest BCUT2D eigenvalue weighted by Gasteiger charge is -2.04. The number of hydrogen-bond acceptors (Lipinski definition) is 3. The Balaban J connectivity index is 2.18. The molecule has 2 N–H and O–H groups in total. The molecule has 0 aliphatic carbocycles. The van der Waals surface area contributed by atoms with Crippen molar-refractivity contribution in [3.05, 3.63) is 39.1 Å². The molecular weight excluding hydrogens is 332 g/mol. The number of nitrogens with zero attached hydrogens (tertiary/aromatic N) is 2. The smallest absolute Gasteiger partial charge is 0.259 e. The van der Waals surface area contributed by atoms with Gasteiger partial charge in [-0.2, -0.15) is 4.98 Å². The van der Waals surface area contributed by atoms with Crippen LogP contribution in [0.15, 0.2) is 22.7 Å². The summed E-state index contributed by atoms with van der Waals surface area (Å²) in [6.45, 7) is 3.97. The fourth-order valence-corrected chi connectivity index (χ4v) is 1.99. The average molecular weight is 344 g/mol. The Labute approximate surface area is 123 Å². The Kier molecular flexibility index (Phi) is 4.21. The molecule has 100 valence electrons. The number of benzene rings is 1. The highest BCUT2D eigenvalue weighted by Gasteiger charge is 2.14. The number of rotatable bonds is 3. The summed E-state index contributed by atoms with van der Waals surface area (Å²) in [4.78, 5) is 16.2. The number of carbonyl (C=O) groups is 1. The minimum Gasteiger partial charge on any atom is -0.289 e. The molecule has 19 heavy (non-hydrogen) atoms. The van der Waals surface area contributed by atoms with Gasteiger partial charge in [0.05, 0.1) is 10.6 Å². The molecule has 2 rings (SSSR count). The molecule has 0 aliphatic rings. The van der Waals surface area contributed by atoms with Crippen LogP contribution in [0.2, 0.25) is 5.02 Å². The van der Waals surface area contributed by atoms with Gasteiger partial charge in [-0.1, -0.05) is 41.4 Å². The van der Waals surface area contributed by atoms with Crippen LogP contribution in [0.1, 0.15) is 35.9 Å². The Bertz CT molecular complexity index is 612. The van der Waals surface area contributed by atoms with Crippen molar-refractivity contribution in [2.24, 2.45) is 0 Å². The highest BCUT2D eigenvalue weighted by atomic mass is 79.9. The summed E-state index contributed by atoms with van der Waals surface area (Å²) in [5.41, 5.74) is 0.368. The van der Waals surface area contributed by atoms with Crippen molar-refractivity contribution in [3.63, 3.8) is 0 Å². The molecule has 0 radical (unpaired) electrons. The summed E-state index contributed by atoms with van der Waals surface area (Å²) in [5.74, 6) is 0.827. The number of carbonyl (C=O) groups excluding carboxylic acids is 1. The van der Waals surface area contributed by atoms with Gasteiger partial charge in [-0.05, 0) is 18.2 Å². The fourth-order valence-electron chi connectivity index (χ4n) is 1.43. The van der Waals surface area contributed by atoms with Crippen LogP contribution in [0, 0.1) is 0 Å². The van der Waals surface area contributed by atoms with E-state index in [1.807, 2.05) is 13.8 Å². The second-order valence-corrected chi connectivity index (χ2v) is 5.60. The molecule has 0 aliphatic heterocycles. The third-order valence-corrected chi connectivity index (χ3v) is 3.27. The number of hydrogen-bond donors (Lipinski definition) is 2. The number of amides is 1. The zero-order valence-electron chi connectivity index (χ0n) is 10.4. The number of anilines is 1. The van der Waals surface area contributed by atoms with Crippen LogP contribution in [-0.4, -0.2) is 21.1 Å². The predicted molar refractivity (Wildman–Crippen MR) is 77.6 cm³/mol. The van der Waals surface area contributed by atoms with Gasteiger partial charge in [0.2, 0.25) is 5.95 Å². The normalized spacial score (nSPS) is 10.8. The van der Waals surface area contributed by atoms with Crippen LogP contribution >= 0.6 is 27.5 Å². The van der Waals surface area contributed by atoms with E-state index in [0.29, 0.717) is 10.6 Å². The van der Waals surface area contributed by atoms with Crippen molar-refractivity contribution in [2.45, 2.75) is 19.8 Å². The lowest BCUT2D eigenvalue weighted by Crippen LogP contribution is -2.13. The minimum atomic E-state index is -0.347. The molecule has 1 aromatic carbocycles. The van der Waals surface area contributed by atoms with Crippen LogP contribution in [0.4, 0.5) is 5.95 Å². The monoisotopic (exact) mass is 342 g/mol. The van der Waals surface area contributed by atoms with Crippen LogP contribution in [0.5, 0.6) is 0 Å². The van der Waals surface area contributed by atoms with Gasteiger partial charge in [0.1, 0.15) is 5.82 Å². The van der Waals surface area contributed by atoms with Crippen LogP contribution in [-0.2, 0) is 0 Å². The van der Waals surface area contributed by atoms with Gasteiger partial charge in [0, 0.05) is 10.4 Å². The zero-order chi connectivity index (χ0) is 14.0. The first kappa shape index (κ1) is 14.0. The molecule has 0 unspecified atom stereocenters. The molecule has 0 saturated heterocycles. The lowest BCUT2D eigenvalue weighted by molar-refractivity contribution is 0.102. The van der Waals surface area contributed by atoms with Crippen molar-refractivity contribution in [2.75, 3.05) is 5.32 Å². The fraction of sp³-hybridized carbons (Fsp3) is 0.250. The first-order chi connectivity index (χ1) is 8.97. The largest absolute Gasteiger partial charge is 0.289 e. The molecule has 0 spiro atoms. The lowest BCUT2D eigenvalue weighted by atomic mass is 10.2. The standard InChI is InChI=1S/C12H12BrClN4O/c1-6(2)10-15-12(18-17-10)16-11(19)8-5-7(13)3-4-9(8)14/h3-6H,1-2H3,(H2,15,16,17,18,19). The molecule has 1 amide bonds. The van der Waals surface area contributed by atoms with E-state index in [1.54, 1.807) is 18.2 Å². The van der Waals surface area contributed by atoms with Gasteiger partial charge >= 0.3 is 0 Å². The number of nitrogens with one attached hydrogen (secondary N) is 2. The predicted octanol–water partition coefficient (Wildman–Crippen LogP) is 3.60. The second kappa shape index (κ2) is 5.71. The minimum absolute atomic E-state index is 0.215. The second-order valence-electron chi connectivity index (χ2n) is 4.28. The van der Waals surface area contributed by atoms with Crippen LogP contribution in [0.25, 0.3) is 0 Å². The summed E-state index contributed by atoms with van der Waals surface area (Å²) in [6, 6.07) is 5.06. The highest BCUT2D eigenvalue weighted by Crippen LogP contribution is 2.21. The van der Waals surface area contributed by atoms with Gasteiger partial charge in [0.25, 0.3) is 5.91 Å². The van der Waals surface area contributed by atoms with E-state index in [-0.39, 0.29) is 17.8 Å². The molecular formula is C12H12BrClN4O. The number of H-pyrrole nitrogens is 1. The maximum atomic E-state index is 12.1. The zero-order valence-corrected chi connectivity index (χ0v) is 12.7. The Hall–Kier alpha value is -1.40. The van der Waals surface area contributed by atoms with Gasteiger partial charge < -0.3 is 0 Å². The summed E-state index contributed by atoms with van der Waals surface area (Å²) in [5, 5.41) is 9.68. The number of halogens is 2. The van der Waals surface area contributed by atoms with E-state index in [9.17, 15) is 4.79 Å². The van der Waals surface area contributed by atoms with Gasteiger partial charge in [-0.15, -0.1) is 5.10 Å². The van der Waals surface area contributed by atoms with E-state index in [1.165, 1.54) is 0 Å². The van der Waals surface area contributed by atoms with Crippen molar-refractivity contribution in [1.82, 2.24) is 15.2 Å². The third-order valence-electron chi connectivity index (χ3n) is 2.45. The van der Waals surface area contributed by atoms with Crippen molar-refractivity contribution in [1.29, 1.82) is 0 Å². The quantitative estimate of drug-likeness (QED) is 0.894. The van der Waals surface area contributed by atoms with E-state index < -0.39 is 0 Å². The molecule has 7 heteroatoms. The molecule has 0 bridgehead atoms. The molecule has 0 fully saturated rings. The number of aromatic nitrogens is 3. The Morgan fingerprint density at radius 3 is 2.84 bits per heavy atom. The summed E-state index contributed by atoms with van der Waals surface area (Å²) in [6.07, 6.45) is 0. The van der Waals surface area contributed by atoms with Gasteiger partial charge in [-0.3, -0.25) is 15.2 Å². The Morgan fingerprint density at radius 2 is 2.21 bits per heavy atom. The third kappa shape index (κ3) is 3.33. The van der Waals surface area contributed by atoms with E-state index >= 15 is 0 Å². The first-order valence-corrected chi connectivity index (χ1v) is 6.83. The van der Waals surface area contributed by atoms with E-state index in [4.69, 9.17) is 11.6 Å². The first-order valence-electron chi connectivity index (χ1n) is 5.66. The topological polar surface area (TPSA) is 70.7 Å². The summed E-state index contributed by atoms with van der Waals surface area (Å²) in [7, 11) is 0. The maximum absolute atomic E-state index is 12.1. The Morgan fingerprint density at radius 1 is 1.47 bits per heavy atom. The molecule has 2 aromatic rings. The highest BCUT2D eigenvalue weighted by molar-refractivity contribution is 9.10. The SMILES string of the molecule is CC(C)c1nc(NC(=O)c2cc(Br)ccc2Cl)n[nH]1. The van der Waals surface area contributed by atoms with Crippen molar-refractivity contribution in [3.8, 4) is 0 Å². The van der Waals surface area contributed by atoms with Gasteiger partial charge in [-0.25, -0.2) is 0 Å².